The van der Waals surface area contributed by atoms with E-state index in [0.717, 1.165) is 39.0 Å². The van der Waals surface area contributed by atoms with Crippen molar-refractivity contribution in [1.29, 1.82) is 0 Å². The zero-order valence-electron chi connectivity index (χ0n) is 40.7. The number of unbranched alkanes of at least 4 members (excludes halogenated alkanes) is 5. The molecule has 3 aliphatic carbocycles. The molecule has 2 aromatic carbocycles. The fourth-order valence-corrected chi connectivity index (χ4v) is 10.9. The van der Waals surface area contributed by atoms with Crippen molar-refractivity contribution < 1.29 is 72.5 Å². The van der Waals surface area contributed by atoms with E-state index in [1.54, 1.807) is 83.1 Å². The second-order valence-electron chi connectivity index (χ2n) is 20.6. The van der Waals surface area contributed by atoms with Crippen LogP contribution >= 0.6 is 0 Å². The van der Waals surface area contributed by atoms with Gasteiger partial charge in [0, 0.05) is 31.6 Å². The van der Waals surface area contributed by atoms with Crippen LogP contribution < -0.4 is 5.32 Å². The van der Waals surface area contributed by atoms with E-state index in [1.165, 1.54) is 26.0 Å². The van der Waals surface area contributed by atoms with Crippen LogP contribution in [0, 0.1) is 16.7 Å². The Morgan fingerprint density at radius 1 is 0.897 bits per heavy atom. The largest absolute Gasteiger partial charge is 0.455 e. The maximum atomic E-state index is 15.2. The number of hydrogen-bond donors (Lipinski definition) is 4. The van der Waals surface area contributed by atoms with Crippen LogP contribution in [0.25, 0.3) is 0 Å². The number of aliphatic hydroxyl groups excluding tert-OH is 2. The highest BCUT2D eigenvalue weighted by Crippen LogP contribution is 2.64. The number of alkyl carbamates (subject to hydrolysis) is 1. The number of rotatable bonds is 16. The third kappa shape index (κ3) is 10.1. The first kappa shape index (κ1) is 52.2. The minimum atomic E-state index is -2.40. The van der Waals surface area contributed by atoms with Crippen molar-refractivity contribution in [3.8, 4) is 0 Å². The first-order valence-corrected chi connectivity index (χ1v) is 23.8. The molecule has 2 aromatic rings. The standard InChI is InChI=1S/C52H69NO15/c1-10-11-12-13-14-21-26-37(56)65-41(39(32-22-17-15-18-23-32)53-47(61)68-48(4,5)6)46(60)64-34-28-52(62)44(66-45(59)33-24-19-16-20-25-33)42-50(9,43(58)40(57)38(30(34)2)49(52,7)8)35(55)27-36-51(42,29-63-36)67-31(3)54/h15-20,22-25,34-36,39-42,44,55,57,62H,10-14,21,26-29H2,1-9H3,(H,53,61)/t34-,35-,36+,39-,40+,41+,42?,44-,50+,51-,52+/m0/s1. The van der Waals surface area contributed by atoms with E-state index in [0.29, 0.717) is 12.0 Å². The summed E-state index contributed by atoms with van der Waals surface area (Å²) < 4.78 is 36.3. The number of Topliss-reactive ketones (excluding diaryl/α,β-unsaturated/α-hetero) is 1. The highest BCUT2D eigenvalue weighted by Gasteiger charge is 2.78. The van der Waals surface area contributed by atoms with Crippen molar-refractivity contribution >= 4 is 35.8 Å². The number of aliphatic hydroxyl groups is 3. The topological polar surface area (TPSA) is 231 Å². The Balaban J connectivity index is 1.48. The summed E-state index contributed by atoms with van der Waals surface area (Å²) in [6.07, 6.45) is -6.29. The molecular formula is C52H69NO15. The second kappa shape index (κ2) is 20.4. The lowest BCUT2D eigenvalue weighted by Crippen LogP contribution is -2.81. The SMILES string of the molecule is CCCCCCCCC(=O)O[C@@H](C(=O)O[C@H]1C[C@@]2(O)[C@@H](OC(=O)c3ccccc3)C3[C@](C)(C(=O)[C@H](O)C(=C1C)C2(C)C)[C@@H](O)C[C@H]1OC[C@@]31OC(C)=O)[C@@H](NC(=O)OC(C)(C)C)c1ccccc1. The number of benzene rings is 2. The fourth-order valence-electron chi connectivity index (χ4n) is 10.9. The Kier molecular flexibility index (Phi) is 15.7. The summed E-state index contributed by atoms with van der Waals surface area (Å²) in [5.41, 5.74) is -8.31. The number of esters is 4. The maximum absolute atomic E-state index is 15.2. The molecule has 0 aromatic heterocycles. The second-order valence-corrected chi connectivity index (χ2v) is 20.6. The van der Waals surface area contributed by atoms with Crippen molar-refractivity contribution in [2.24, 2.45) is 16.7 Å². The molecule has 16 nitrogen and oxygen atoms in total. The number of carbonyl (C=O) groups excluding carboxylic acids is 6. The summed E-state index contributed by atoms with van der Waals surface area (Å²) in [6.45, 7) is 14.0. The summed E-state index contributed by atoms with van der Waals surface area (Å²) >= 11 is 0. The molecule has 1 saturated heterocycles. The molecule has 1 heterocycles. The van der Waals surface area contributed by atoms with Crippen molar-refractivity contribution in [1.82, 2.24) is 5.32 Å². The fraction of sp³-hybridized carbons (Fsp3) is 0.615. The van der Waals surface area contributed by atoms with Gasteiger partial charge in [-0.3, -0.25) is 14.4 Å². The van der Waals surface area contributed by atoms with Gasteiger partial charge in [-0.15, -0.1) is 0 Å². The van der Waals surface area contributed by atoms with E-state index >= 15 is 9.59 Å². The molecule has 372 valence electrons. The Labute approximate surface area is 398 Å². The van der Waals surface area contributed by atoms with Crippen LogP contribution in [0.2, 0.25) is 0 Å². The number of amides is 1. The average Bonchev–Trinajstić information content (AvgIpc) is 3.27. The molecule has 1 aliphatic heterocycles. The van der Waals surface area contributed by atoms with Crippen LogP contribution in [0.1, 0.15) is 142 Å². The average molecular weight is 948 g/mol. The number of ketones is 1. The highest BCUT2D eigenvalue weighted by molar-refractivity contribution is 5.94. The predicted octanol–water partition coefficient (Wildman–Crippen LogP) is 6.56. The van der Waals surface area contributed by atoms with Gasteiger partial charge in [-0.05, 0) is 69.9 Å². The predicted molar refractivity (Wildman–Crippen MR) is 245 cm³/mol. The minimum Gasteiger partial charge on any atom is -0.455 e. The molecule has 3 fully saturated rings. The first-order chi connectivity index (χ1) is 31.9. The smallest absolute Gasteiger partial charge is 0.408 e. The first-order valence-electron chi connectivity index (χ1n) is 23.8. The number of carbonyl (C=O) groups is 6. The summed E-state index contributed by atoms with van der Waals surface area (Å²) in [7, 11) is 0. The lowest BCUT2D eigenvalue weighted by molar-refractivity contribution is -0.346. The van der Waals surface area contributed by atoms with Gasteiger partial charge in [0.1, 0.15) is 41.7 Å². The molecule has 2 bridgehead atoms. The lowest BCUT2D eigenvalue weighted by atomic mass is 9.44. The van der Waals surface area contributed by atoms with Gasteiger partial charge in [-0.2, -0.15) is 0 Å². The zero-order chi connectivity index (χ0) is 50.0. The van der Waals surface area contributed by atoms with Gasteiger partial charge in [-0.25, -0.2) is 14.4 Å². The maximum Gasteiger partial charge on any atom is 0.408 e. The molecule has 0 spiro atoms. The highest BCUT2D eigenvalue weighted by atomic mass is 16.6. The van der Waals surface area contributed by atoms with Gasteiger partial charge in [-0.1, -0.05) is 101 Å². The van der Waals surface area contributed by atoms with E-state index in [2.05, 4.69) is 12.2 Å². The number of hydrogen-bond acceptors (Lipinski definition) is 15. The summed E-state index contributed by atoms with van der Waals surface area (Å²) in [4.78, 5) is 84.8. The normalized spacial score (nSPS) is 30.4. The molecule has 16 heteroatoms. The minimum absolute atomic E-state index is 0.0478. The van der Waals surface area contributed by atoms with Crippen molar-refractivity contribution in [2.45, 2.75) is 180 Å². The van der Waals surface area contributed by atoms with E-state index in [-0.39, 0.29) is 36.2 Å². The third-order valence-electron chi connectivity index (χ3n) is 14.5. The van der Waals surface area contributed by atoms with Crippen LogP contribution in [0.4, 0.5) is 4.79 Å². The number of fused-ring (bicyclic) bond motifs is 5. The van der Waals surface area contributed by atoms with Crippen molar-refractivity contribution in [3.05, 3.63) is 82.9 Å². The van der Waals surface area contributed by atoms with Gasteiger partial charge in [0.15, 0.2) is 11.4 Å². The van der Waals surface area contributed by atoms with Gasteiger partial charge in [0.25, 0.3) is 0 Å². The molecule has 11 atom stereocenters. The van der Waals surface area contributed by atoms with E-state index < -0.39 is 118 Å². The van der Waals surface area contributed by atoms with Crippen LogP contribution in [0.15, 0.2) is 71.8 Å². The van der Waals surface area contributed by atoms with Gasteiger partial charge < -0.3 is 49.1 Å². The summed E-state index contributed by atoms with van der Waals surface area (Å²) in [5.74, 6) is -6.07. The molecular weight excluding hydrogens is 879 g/mol. The van der Waals surface area contributed by atoms with Crippen molar-refractivity contribution in [3.63, 3.8) is 0 Å². The van der Waals surface area contributed by atoms with Crippen LogP contribution in [0.5, 0.6) is 0 Å². The molecule has 2 saturated carbocycles. The van der Waals surface area contributed by atoms with E-state index in [9.17, 15) is 34.5 Å². The molecule has 4 N–H and O–H groups in total. The Morgan fingerprint density at radius 2 is 1.51 bits per heavy atom. The molecule has 1 unspecified atom stereocenters. The van der Waals surface area contributed by atoms with Gasteiger partial charge >= 0.3 is 30.0 Å². The number of nitrogens with one attached hydrogen (secondary N) is 1. The van der Waals surface area contributed by atoms with E-state index in [1.807, 2.05) is 0 Å². The van der Waals surface area contributed by atoms with Gasteiger partial charge in [0.2, 0.25) is 6.10 Å². The Hall–Kier alpha value is -5.16. The van der Waals surface area contributed by atoms with Crippen LogP contribution in [-0.4, -0.2) is 111 Å². The molecule has 0 radical (unpaired) electrons. The van der Waals surface area contributed by atoms with Crippen molar-refractivity contribution in [2.75, 3.05) is 6.61 Å². The Bertz CT molecular complexity index is 2220. The molecule has 68 heavy (non-hydrogen) atoms. The Morgan fingerprint density at radius 3 is 2.10 bits per heavy atom. The van der Waals surface area contributed by atoms with Crippen LogP contribution in [0.3, 0.4) is 0 Å². The number of ether oxygens (including phenoxy) is 6. The summed E-state index contributed by atoms with van der Waals surface area (Å²) in [6, 6.07) is 14.8. The van der Waals surface area contributed by atoms with Crippen LogP contribution in [-0.2, 0) is 47.6 Å². The molecule has 1 amide bonds. The molecule has 4 aliphatic rings. The van der Waals surface area contributed by atoms with Gasteiger partial charge in [0.05, 0.1) is 29.6 Å². The third-order valence-corrected chi connectivity index (χ3v) is 14.5. The lowest BCUT2D eigenvalue weighted by Gasteiger charge is -2.67. The van der Waals surface area contributed by atoms with E-state index in [4.69, 9.17) is 28.4 Å². The quantitative estimate of drug-likeness (QED) is 0.0604. The monoisotopic (exact) mass is 947 g/mol. The molecule has 6 rings (SSSR count). The zero-order valence-corrected chi connectivity index (χ0v) is 40.7. The summed E-state index contributed by atoms with van der Waals surface area (Å²) in [5, 5.41) is 40.9.